The molecule has 0 rings (SSSR count). The van der Waals surface area contributed by atoms with E-state index in [1.807, 2.05) is 13.8 Å². The third-order valence-electron chi connectivity index (χ3n) is 4.72. The summed E-state index contributed by atoms with van der Waals surface area (Å²) in [5.41, 5.74) is -0.670. The molecule has 0 fully saturated rings. The molecule has 5 N–H and O–H groups in total. The molecular formula is C20H46NO5P. The summed E-state index contributed by atoms with van der Waals surface area (Å²) in [7, 11) is -4.64. The van der Waals surface area contributed by atoms with Gasteiger partial charge in [-0.1, -0.05) is 97.3 Å². The van der Waals surface area contributed by atoms with Gasteiger partial charge >= 0.3 is 7.82 Å². The molecule has 7 heteroatoms. The van der Waals surface area contributed by atoms with E-state index < -0.39 is 13.5 Å². The maximum Gasteiger partial charge on any atom is 0.466 e. The molecule has 0 aromatic carbocycles. The number of unbranched alkanes of at least 4 members (excludes halogenated alkanes) is 13. The first-order chi connectivity index (χ1) is 12.6. The van der Waals surface area contributed by atoms with Crippen molar-refractivity contribution in [3.8, 4) is 0 Å². The van der Waals surface area contributed by atoms with Crippen LogP contribution in [-0.4, -0.2) is 32.1 Å². The molecule has 0 saturated heterocycles. The van der Waals surface area contributed by atoms with Crippen molar-refractivity contribution in [1.82, 2.24) is 5.32 Å². The quantitative estimate of drug-likeness (QED) is 0.127. The van der Waals surface area contributed by atoms with Gasteiger partial charge in [0.05, 0.1) is 0 Å². The lowest BCUT2D eigenvalue weighted by molar-refractivity contribution is 0.0203. The lowest BCUT2D eigenvalue weighted by atomic mass is 10.0. The molecule has 0 radical (unpaired) electrons. The van der Waals surface area contributed by atoms with Crippen LogP contribution >= 0.6 is 7.82 Å². The molecule has 27 heavy (non-hydrogen) atoms. The molecule has 0 amide bonds. The topological polar surface area (TPSA) is 110 Å². The number of phosphoric acid groups is 1. The van der Waals surface area contributed by atoms with Gasteiger partial charge in [0, 0.05) is 0 Å². The largest absolute Gasteiger partial charge is 0.466 e. The second-order valence-corrected chi connectivity index (χ2v) is 8.69. The predicted octanol–water partition coefficient (Wildman–Crippen LogP) is 5.25. The molecule has 0 aliphatic heterocycles. The van der Waals surface area contributed by atoms with Gasteiger partial charge in [-0.25, -0.2) is 4.57 Å². The fourth-order valence-corrected chi connectivity index (χ4v) is 2.80. The standard InChI is InChI=1S/C20H43NO.H3O4P/c1-4-6-7-8-9-10-11-12-13-14-15-16-17-18-19-21-20(3,22)5-2;1-5(2,3)4/h21-22H,4-19H2,1-3H3;(H3,1,2,3,4). The Morgan fingerprint density at radius 1 is 0.704 bits per heavy atom. The Balaban J connectivity index is 0. The summed E-state index contributed by atoms with van der Waals surface area (Å²) in [5.74, 6) is 0. The van der Waals surface area contributed by atoms with Crippen LogP contribution in [0.3, 0.4) is 0 Å². The number of aliphatic hydroxyl groups is 1. The van der Waals surface area contributed by atoms with E-state index in [1.165, 1.54) is 89.9 Å². The zero-order chi connectivity index (χ0) is 21.0. The van der Waals surface area contributed by atoms with Crippen LogP contribution in [-0.2, 0) is 4.57 Å². The van der Waals surface area contributed by atoms with Crippen molar-refractivity contribution in [1.29, 1.82) is 0 Å². The van der Waals surface area contributed by atoms with Gasteiger partial charge in [-0.3, -0.25) is 5.32 Å². The van der Waals surface area contributed by atoms with Crippen LogP contribution in [0.15, 0.2) is 0 Å². The summed E-state index contributed by atoms with van der Waals surface area (Å²) in [4.78, 5) is 21.6. The Bertz CT molecular complexity index is 339. The third-order valence-corrected chi connectivity index (χ3v) is 4.72. The minimum absolute atomic E-state index is 0.670. The summed E-state index contributed by atoms with van der Waals surface area (Å²) in [5, 5.41) is 13.0. The lowest BCUT2D eigenvalue weighted by Crippen LogP contribution is -2.41. The zero-order valence-corrected chi connectivity index (χ0v) is 18.9. The average Bonchev–Trinajstić information content (AvgIpc) is 2.57. The fraction of sp³-hybridized carbons (Fsp3) is 1.00. The number of rotatable bonds is 17. The van der Waals surface area contributed by atoms with Crippen LogP contribution in [0.25, 0.3) is 0 Å². The molecule has 0 saturated carbocycles. The van der Waals surface area contributed by atoms with Gasteiger partial charge in [-0.2, -0.15) is 0 Å². The normalized spacial score (nSPS) is 13.7. The first-order valence-corrected chi connectivity index (χ1v) is 12.4. The molecule has 0 aromatic heterocycles. The highest BCUT2D eigenvalue weighted by atomic mass is 31.2. The van der Waals surface area contributed by atoms with E-state index in [2.05, 4.69) is 12.2 Å². The highest BCUT2D eigenvalue weighted by Crippen LogP contribution is 2.25. The molecule has 0 bridgehead atoms. The van der Waals surface area contributed by atoms with E-state index in [4.69, 9.17) is 19.2 Å². The van der Waals surface area contributed by atoms with E-state index in [0.29, 0.717) is 0 Å². The fourth-order valence-electron chi connectivity index (χ4n) is 2.80. The monoisotopic (exact) mass is 411 g/mol. The molecule has 0 aliphatic rings. The molecule has 6 nitrogen and oxygen atoms in total. The molecule has 0 heterocycles. The average molecular weight is 412 g/mol. The SMILES string of the molecule is CCCCCCCCCCCCCCCCNC(C)(O)CC.O=P(O)(O)O. The van der Waals surface area contributed by atoms with E-state index in [1.54, 1.807) is 0 Å². The smallest absolute Gasteiger partial charge is 0.376 e. The summed E-state index contributed by atoms with van der Waals surface area (Å²) >= 11 is 0. The van der Waals surface area contributed by atoms with E-state index >= 15 is 0 Å². The predicted molar refractivity (Wildman–Crippen MR) is 113 cm³/mol. The number of nitrogens with one attached hydrogen (secondary N) is 1. The van der Waals surface area contributed by atoms with Crippen LogP contribution in [0.2, 0.25) is 0 Å². The van der Waals surface area contributed by atoms with Gasteiger partial charge in [0.2, 0.25) is 0 Å². The lowest BCUT2D eigenvalue weighted by Gasteiger charge is -2.22. The Morgan fingerprint density at radius 2 is 1.00 bits per heavy atom. The van der Waals surface area contributed by atoms with Crippen molar-refractivity contribution < 1.29 is 24.4 Å². The number of hydrogen-bond donors (Lipinski definition) is 5. The Hall–Kier alpha value is 0.0300. The van der Waals surface area contributed by atoms with Gasteiger partial charge in [-0.05, 0) is 26.3 Å². The van der Waals surface area contributed by atoms with E-state index in [9.17, 15) is 5.11 Å². The molecule has 0 spiro atoms. The first-order valence-electron chi connectivity index (χ1n) is 10.9. The summed E-state index contributed by atoms with van der Waals surface area (Å²) in [6, 6.07) is 0. The second-order valence-electron chi connectivity index (χ2n) is 7.66. The van der Waals surface area contributed by atoms with Gasteiger partial charge in [-0.15, -0.1) is 0 Å². The van der Waals surface area contributed by atoms with Crippen LogP contribution in [0.1, 0.15) is 117 Å². The molecule has 1 atom stereocenters. The summed E-state index contributed by atoms with van der Waals surface area (Å²) < 4.78 is 8.88. The first kappa shape index (κ1) is 29.2. The Kier molecular flexibility index (Phi) is 21.0. The van der Waals surface area contributed by atoms with Crippen molar-refractivity contribution in [2.75, 3.05) is 6.54 Å². The highest BCUT2D eigenvalue weighted by molar-refractivity contribution is 7.45. The van der Waals surface area contributed by atoms with Crippen LogP contribution in [0, 0.1) is 0 Å². The molecule has 1 unspecified atom stereocenters. The molecule has 0 aromatic rings. The van der Waals surface area contributed by atoms with E-state index in [0.717, 1.165) is 13.0 Å². The van der Waals surface area contributed by atoms with Crippen molar-refractivity contribution in [3.63, 3.8) is 0 Å². The third kappa shape index (κ3) is 34.0. The summed E-state index contributed by atoms with van der Waals surface area (Å²) in [6.45, 7) is 7.10. The van der Waals surface area contributed by atoms with Crippen LogP contribution in [0.4, 0.5) is 0 Å². The van der Waals surface area contributed by atoms with Crippen molar-refractivity contribution >= 4 is 7.82 Å². The van der Waals surface area contributed by atoms with Crippen LogP contribution in [0.5, 0.6) is 0 Å². The zero-order valence-electron chi connectivity index (χ0n) is 18.0. The maximum absolute atomic E-state index is 9.82. The maximum atomic E-state index is 9.82. The van der Waals surface area contributed by atoms with Crippen LogP contribution < -0.4 is 5.32 Å². The minimum Gasteiger partial charge on any atom is -0.376 e. The molecular weight excluding hydrogens is 365 g/mol. The van der Waals surface area contributed by atoms with Crippen molar-refractivity contribution in [2.24, 2.45) is 0 Å². The minimum atomic E-state index is -4.64. The Labute approximate surface area is 167 Å². The molecule has 166 valence electrons. The number of hydrogen-bond acceptors (Lipinski definition) is 3. The molecule has 0 aliphatic carbocycles. The van der Waals surface area contributed by atoms with Crippen molar-refractivity contribution in [2.45, 2.75) is 123 Å². The van der Waals surface area contributed by atoms with Crippen molar-refractivity contribution in [3.05, 3.63) is 0 Å². The van der Waals surface area contributed by atoms with Gasteiger partial charge in [0.1, 0.15) is 5.72 Å². The summed E-state index contributed by atoms with van der Waals surface area (Å²) in [6.07, 6.45) is 20.3. The van der Waals surface area contributed by atoms with Gasteiger partial charge < -0.3 is 19.8 Å². The second kappa shape index (κ2) is 19.4. The van der Waals surface area contributed by atoms with Gasteiger partial charge in [0.25, 0.3) is 0 Å². The highest BCUT2D eigenvalue weighted by Gasteiger charge is 2.14. The van der Waals surface area contributed by atoms with Gasteiger partial charge in [0.15, 0.2) is 0 Å². The van der Waals surface area contributed by atoms with E-state index in [-0.39, 0.29) is 0 Å². The Morgan fingerprint density at radius 3 is 1.30 bits per heavy atom.